The van der Waals surface area contributed by atoms with E-state index in [4.69, 9.17) is 4.74 Å². The molecule has 0 bridgehead atoms. The molecule has 2 rings (SSSR count). The smallest absolute Gasteiger partial charge is 0.243 e. The maximum Gasteiger partial charge on any atom is 0.243 e. The van der Waals surface area contributed by atoms with E-state index in [1.807, 2.05) is 19.1 Å². The lowest BCUT2D eigenvalue weighted by Gasteiger charge is -2.34. The van der Waals surface area contributed by atoms with Gasteiger partial charge in [-0.15, -0.1) is 0 Å². The number of benzene rings is 1. The number of amides is 2. The highest BCUT2D eigenvalue weighted by Gasteiger charge is 2.31. The van der Waals surface area contributed by atoms with Gasteiger partial charge < -0.3 is 15.0 Å². The summed E-state index contributed by atoms with van der Waals surface area (Å²) >= 11 is 0. The van der Waals surface area contributed by atoms with Crippen LogP contribution in [0.25, 0.3) is 0 Å². The van der Waals surface area contributed by atoms with E-state index >= 15 is 0 Å². The monoisotopic (exact) mass is 467 g/mol. The van der Waals surface area contributed by atoms with Crippen LogP contribution in [0.15, 0.2) is 23.1 Å². The number of nitrogens with zero attached hydrogens (tertiary/aromatic N) is 2. The van der Waals surface area contributed by atoms with E-state index in [0.717, 1.165) is 12.0 Å². The van der Waals surface area contributed by atoms with Gasteiger partial charge in [-0.1, -0.05) is 26.0 Å². The van der Waals surface area contributed by atoms with E-state index in [2.05, 4.69) is 19.2 Å². The molecule has 0 saturated carbocycles. The van der Waals surface area contributed by atoms with Gasteiger partial charge in [0.15, 0.2) is 0 Å². The Labute approximate surface area is 192 Å². The normalized spacial score (nSPS) is 15.2. The largest absolute Gasteiger partial charge is 0.381 e. The zero-order chi connectivity index (χ0) is 23.7. The second kappa shape index (κ2) is 12.3. The Morgan fingerprint density at radius 3 is 2.44 bits per heavy atom. The first-order valence-electron chi connectivity index (χ1n) is 11.3. The van der Waals surface area contributed by atoms with Crippen molar-refractivity contribution in [2.75, 3.05) is 45.9 Å². The van der Waals surface area contributed by atoms with Crippen LogP contribution in [0.5, 0.6) is 0 Å². The van der Waals surface area contributed by atoms with Crippen LogP contribution >= 0.6 is 0 Å². The van der Waals surface area contributed by atoms with Gasteiger partial charge in [0.1, 0.15) is 0 Å². The minimum Gasteiger partial charge on any atom is -0.381 e. The Balaban J connectivity index is 1.72. The molecule has 1 aromatic carbocycles. The molecular formula is C23H37N3O5S. The molecule has 9 heteroatoms. The third kappa shape index (κ3) is 7.86. The second-order valence-electron chi connectivity index (χ2n) is 8.73. The summed E-state index contributed by atoms with van der Waals surface area (Å²) in [5, 5.41) is 2.81. The van der Waals surface area contributed by atoms with Crippen LogP contribution in [-0.2, 0) is 24.3 Å². The molecule has 1 aliphatic heterocycles. The van der Waals surface area contributed by atoms with E-state index in [0.29, 0.717) is 49.2 Å². The number of carbonyl (C=O) groups is 2. The highest BCUT2D eigenvalue weighted by molar-refractivity contribution is 7.89. The van der Waals surface area contributed by atoms with Crippen molar-refractivity contribution < 1.29 is 22.7 Å². The first kappa shape index (κ1) is 26.3. The number of rotatable bonds is 11. The Hall–Kier alpha value is -1.97. The fourth-order valence-electron chi connectivity index (χ4n) is 3.49. The SMILES string of the molecule is Cc1ccc(C)c(S(=O)(=O)N2CCN(C(=O)CCC(=O)NCCCOCC(C)C)CC2)c1. The average Bonchev–Trinajstić information content (AvgIpc) is 2.75. The van der Waals surface area contributed by atoms with Crippen molar-refractivity contribution in [2.45, 2.75) is 51.9 Å². The van der Waals surface area contributed by atoms with Crippen LogP contribution in [0.3, 0.4) is 0 Å². The van der Waals surface area contributed by atoms with Gasteiger partial charge in [-0.2, -0.15) is 4.31 Å². The number of ether oxygens (including phenoxy) is 1. The Morgan fingerprint density at radius 1 is 1.09 bits per heavy atom. The van der Waals surface area contributed by atoms with Gasteiger partial charge in [-0.25, -0.2) is 8.42 Å². The molecule has 8 nitrogen and oxygen atoms in total. The summed E-state index contributed by atoms with van der Waals surface area (Å²) in [6.45, 7) is 10.8. The zero-order valence-electron chi connectivity index (χ0n) is 19.7. The van der Waals surface area contributed by atoms with Crippen LogP contribution in [0.1, 0.15) is 44.2 Å². The molecular weight excluding hydrogens is 430 g/mol. The average molecular weight is 468 g/mol. The summed E-state index contributed by atoms with van der Waals surface area (Å²) in [5.41, 5.74) is 1.61. The lowest BCUT2D eigenvalue weighted by atomic mass is 10.2. The van der Waals surface area contributed by atoms with Gasteiger partial charge in [-0.05, 0) is 43.4 Å². The molecule has 0 atom stereocenters. The molecule has 1 aromatic rings. The second-order valence-corrected chi connectivity index (χ2v) is 10.6. The molecule has 0 unspecified atom stereocenters. The van der Waals surface area contributed by atoms with Crippen LogP contribution in [0.4, 0.5) is 0 Å². The van der Waals surface area contributed by atoms with Gasteiger partial charge in [0.25, 0.3) is 0 Å². The number of nitrogens with one attached hydrogen (secondary N) is 1. The van der Waals surface area contributed by atoms with Crippen molar-refractivity contribution in [3.8, 4) is 0 Å². The summed E-state index contributed by atoms with van der Waals surface area (Å²) < 4.78 is 32.9. The lowest BCUT2D eigenvalue weighted by molar-refractivity contribution is -0.134. The highest BCUT2D eigenvalue weighted by atomic mass is 32.2. The van der Waals surface area contributed by atoms with E-state index in [-0.39, 0.29) is 37.7 Å². The van der Waals surface area contributed by atoms with Crippen molar-refractivity contribution in [2.24, 2.45) is 5.92 Å². The number of piperazine rings is 1. The van der Waals surface area contributed by atoms with Crippen LogP contribution in [0, 0.1) is 19.8 Å². The predicted octanol–water partition coefficient (Wildman–Crippen LogP) is 2.10. The molecule has 1 saturated heterocycles. The van der Waals surface area contributed by atoms with Crippen molar-refractivity contribution in [1.82, 2.24) is 14.5 Å². The molecule has 1 fully saturated rings. The minimum atomic E-state index is -3.59. The quantitative estimate of drug-likeness (QED) is 0.503. The molecule has 2 amide bonds. The molecule has 1 heterocycles. The van der Waals surface area contributed by atoms with Gasteiger partial charge in [0.05, 0.1) is 4.90 Å². The van der Waals surface area contributed by atoms with Gasteiger partial charge in [0, 0.05) is 58.8 Å². The summed E-state index contributed by atoms with van der Waals surface area (Å²) in [5.74, 6) is 0.215. The van der Waals surface area contributed by atoms with E-state index in [1.165, 1.54) is 4.31 Å². The predicted molar refractivity (Wildman–Crippen MR) is 124 cm³/mol. The lowest BCUT2D eigenvalue weighted by Crippen LogP contribution is -2.50. The minimum absolute atomic E-state index is 0.121. The molecule has 1 aliphatic rings. The van der Waals surface area contributed by atoms with Gasteiger partial charge >= 0.3 is 0 Å². The number of carbonyl (C=O) groups excluding carboxylic acids is 2. The Morgan fingerprint density at radius 2 is 1.78 bits per heavy atom. The first-order valence-corrected chi connectivity index (χ1v) is 12.7. The molecule has 0 spiro atoms. The van der Waals surface area contributed by atoms with Crippen molar-refractivity contribution in [3.05, 3.63) is 29.3 Å². The van der Waals surface area contributed by atoms with Crippen molar-refractivity contribution >= 4 is 21.8 Å². The third-order valence-corrected chi connectivity index (χ3v) is 7.40. The van der Waals surface area contributed by atoms with Gasteiger partial charge in [0.2, 0.25) is 21.8 Å². The highest BCUT2D eigenvalue weighted by Crippen LogP contribution is 2.22. The molecule has 0 aromatic heterocycles. The maximum absolute atomic E-state index is 13.0. The van der Waals surface area contributed by atoms with E-state index in [1.54, 1.807) is 17.9 Å². The van der Waals surface area contributed by atoms with Crippen LogP contribution < -0.4 is 5.32 Å². The molecule has 180 valence electrons. The zero-order valence-corrected chi connectivity index (χ0v) is 20.5. The summed E-state index contributed by atoms with van der Waals surface area (Å²) in [4.78, 5) is 26.4. The summed E-state index contributed by atoms with van der Waals surface area (Å²) in [6, 6.07) is 5.39. The van der Waals surface area contributed by atoms with Gasteiger partial charge in [-0.3, -0.25) is 9.59 Å². The molecule has 32 heavy (non-hydrogen) atoms. The van der Waals surface area contributed by atoms with Crippen molar-refractivity contribution in [1.29, 1.82) is 0 Å². The van der Waals surface area contributed by atoms with Crippen molar-refractivity contribution in [3.63, 3.8) is 0 Å². The van der Waals surface area contributed by atoms with Crippen LogP contribution in [0.2, 0.25) is 0 Å². The molecule has 1 N–H and O–H groups in total. The topological polar surface area (TPSA) is 96.0 Å². The Bertz CT molecular complexity index is 878. The molecule has 0 radical (unpaired) electrons. The number of hydrogen-bond donors (Lipinski definition) is 1. The Kier molecular flexibility index (Phi) is 10.1. The number of aryl methyl sites for hydroxylation is 2. The number of hydrogen-bond acceptors (Lipinski definition) is 5. The maximum atomic E-state index is 13.0. The van der Waals surface area contributed by atoms with E-state index in [9.17, 15) is 18.0 Å². The summed E-state index contributed by atoms with van der Waals surface area (Å²) in [7, 11) is -3.59. The standard InChI is InChI=1S/C23H37N3O5S/c1-18(2)17-31-15-5-10-24-22(27)8-9-23(28)25-11-13-26(14-12-25)32(29,30)21-16-19(3)6-7-20(21)4/h6-7,16,18H,5,8-15,17H2,1-4H3,(H,24,27). The van der Waals surface area contributed by atoms with Crippen LogP contribution in [-0.4, -0.2) is 75.4 Å². The summed E-state index contributed by atoms with van der Waals surface area (Å²) in [6.07, 6.45) is 0.995. The fourth-order valence-corrected chi connectivity index (χ4v) is 5.22. The molecule has 0 aliphatic carbocycles. The fraction of sp³-hybridized carbons (Fsp3) is 0.652. The first-order chi connectivity index (χ1) is 15.1. The number of sulfonamides is 1. The third-order valence-electron chi connectivity index (χ3n) is 5.36. The van der Waals surface area contributed by atoms with E-state index < -0.39 is 10.0 Å².